The van der Waals surface area contributed by atoms with Crippen LogP contribution in [0.15, 0.2) is 59.2 Å². The van der Waals surface area contributed by atoms with Crippen LogP contribution in [0.4, 0.5) is 5.69 Å². The summed E-state index contributed by atoms with van der Waals surface area (Å²) in [5.74, 6) is 1.83. The fraction of sp³-hybridized carbons (Fsp3) is 0.370. The van der Waals surface area contributed by atoms with Gasteiger partial charge < -0.3 is 14.8 Å². The van der Waals surface area contributed by atoms with Crippen molar-refractivity contribution in [1.82, 2.24) is 5.32 Å². The lowest BCUT2D eigenvalue weighted by Crippen LogP contribution is -2.34. The van der Waals surface area contributed by atoms with E-state index in [-0.39, 0.29) is 17.6 Å². The molecule has 0 aromatic heterocycles. The number of methoxy groups -OCH3 is 2. The van der Waals surface area contributed by atoms with Gasteiger partial charge in [-0.1, -0.05) is 49.2 Å². The molecular weight excluding hydrogens is 462 g/mol. The van der Waals surface area contributed by atoms with E-state index in [0.717, 1.165) is 11.3 Å². The number of carbonyl (C=O) groups excluding carboxylic acids is 2. The molecule has 1 N–H and O–H groups in total. The molecule has 1 saturated carbocycles. The molecule has 0 spiro atoms. The number of hydrogen-bond donors (Lipinski definition) is 1. The molecule has 2 aromatic carbocycles. The fourth-order valence-corrected chi connectivity index (χ4v) is 5.10. The van der Waals surface area contributed by atoms with Gasteiger partial charge in [-0.05, 0) is 54.7 Å². The monoisotopic (exact) mass is 493 g/mol. The second-order valence-corrected chi connectivity index (χ2v) is 9.58. The largest absolute Gasteiger partial charge is 0.497 e. The molecule has 184 valence electrons. The highest BCUT2D eigenvalue weighted by Gasteiger charge is 2.32. The van der Waals surface area contributed by atoms with E-state index in [1.165, 1.54) is 48.8 Å². The number of ether oxygens (including phenoxy) is 2. The molecular formula is C27H31N3O4S. The SMILES string of the molecule is COc1ccc(/C=C2\N=C(SCC(=O)NCC3CCCCC3)N(c3cccc(OC)c3)C2=O)cc1. The van der Waals surface area contributed by atoms with E-state index in [1.807, 2.05) is 42.5 Å². The number of nitrogens with one attached hydrogen (secondary N) is 1. The van der Waals surface area contributed by atoms with E-state index < -0.39 is 0 Å². The molecule has 1 fully saturated rings. The van der Waals surface area contributed by atoms with Crippen LogP contribution in [0.1, 0.15) is 37.7 Å². The predicted molar refractivity (Wildman–Crippen MR) is 141 cm³/mol. The highest BCUT2D eigenvalue weighted by molar-refractivity contribution is 8.14. The summed E-state index contributed by atoms with van der Waals surface area (Å²) in [5, 5.41) is 3.53. The third-order valence-corrected chi connectivity index (χ3v) is 7.14. The van der Waals surface area contributed by atoms with Crippen LogP contribution in [0.25, 0.3) is 6.08 Å². The van der Waals surface area contributed by atoms with Crippen molar-refractivity contribution in [3.63, 3.8) is 0 Å². The lowest BCUT2D eigenvalue weighted by molar-refractivity contribution is -0.118. The highest BCUT2D eigenvalue weighted by Crippen LogP contribution is 2.31. The van der Waals surface area contributed by atoms with Gasteiger partial charge in [0.2, 0.25) is 5.91 Å². The van der Waals surface area contributed by atoms with Gasteiger partial charge in [0.25, 0.3) is 5.91 Å². The topological polar surface area (TPSA) is 80.2 Å². The molecule has 2 amide bonds. The molecule has 35 heavy (non-hydrogen) atoms. The van der Waals surface area contributed by atoms with Crippen LogP contribution in [0, 0.1) is 5.92 Å². The average molecular weight is 494 g/mol. The Kier molecular flexibility index (Phi) is 8.47. The number of nitrogens with zero attached hydrogens (tertiary/aromatic N) is 2. The van der Waals surface area contributed by atoms with Crippen LogP contribution in [-0.2, 0) is 9.59 Å². The van der Waals surface area contributed by atoms with Gasteiger partial charge in [-0.15, -0.1) is 0 Å². The minimum absolute atomic E-state index is 0.0473. The number of carbonyl (C=O) groups is 2. The molecule has 4 rings (SSSR count). The molecule has 1 aliphatic heterocycles. The Hall–Kier alpha value is -3.26. The zero-order valence-electron chi connectivity index (χ0n) is 20.2. The lowest BCUT2D eigenvalue weighted by Gasteiger charge is -2.22. The van der Waals surface area contributed by atoms with Crippen LogP contribution in [-0.4, -0.2) is 43.5 Å². The number of aliphatic imine (C=N–C) groups is 1. The van der Waals surface area contributed by atoms with Crippen LogP contribution in [0.5, 0.6) is 11.5 Å². The Morgan fingerprint density at radius 1 is 1.09 bits per heavy atom. The first kappa shape index (κ1) is 24.9. The third-order valence-electron chi connectivity index (χ3n) is 6.21. The maximum absolute atomic E-state index is 13.4. The zero-order valence-corrected chi connectivity index (χ0v) is 21.0. The molecule has 1 heterocycles. The first-order valence-electron chi connectivity index (χ1n) is 11.9. The number of amidine groups is 1. The summed E-state index contributed by atoms with van der Waals surface area (Å²) < 4.78 is 10.6. The molecule has 2 aliphatic rings. The van der Waals surface area contributed by atoms with Crippen molar-refractivity contribution in [2.75, 3.05) is 31.4 Å². The second-order valence-electron chi connectivity index (χ2n) is 8.64. The third kappa shape index (κ3) is 6.45. The fourth-order valence-electron chi connectivity index (χ4n) is 4.26. The first-order valence-corrected chi connectivity index (χ1v) is 12.9. The van der Waals surface area contributed by atoms with Crippen LogP contribution in [0.2, 0.25) is 0 Å². The van der Waals surface area contributed by atoms with Gasteiger partial charge in [-0.25, -0.2) is 4.99 Å². The summed E-state index contributed by atoms with van der Waals surface area (Å²) >= 11 is 1.26. The molecule has 0 unspecified atom stereocenters. The van der Waals surface area contributed by atoms with E-state index in [2.05, 4.69) is 10.3 Å². The van der Waals surface area contributed by atoms with E-state index in [0.29, 0.717) is 34.8 Å². The Balaban J connectivity index is 1.50. The van der Waals surface area contributed by atoms with Crippen molar-refractivity contribution in [1.29, 1.82) is 0 Å². The standard InChI is InChI=1S/C27H31N3O4S/c1-33-22-13-11-19(12-14-22)15-24-26(32)30(21-9-6-10-23(16-21)34-2)27(29-24)35-18-25(31)28-17-20-7-4-3-5-8-20/h6,9-16,20H,3-5,7-8,17-18H2,1-2H3,(H,28,31)/b24-15-. The Bertz CT molecular complexity index is 1110. The summed E-state index contributed by atoms with van der Waals surface area (Å²) in [6, 6.07) is 14.7. The molecule has 0 saturated heterocycles. The molecule has 7 nitrogen and oxygen atoms in total. The first-order chi connectivity index (χ1) is 17.1. The van der Waals surface area contributed by atoms with Crippen LogP contribution < -0.4 is 19.7 Å². The molecule has 0 atom stereocenters. The minimum atomic E-state index is -0.251. The Labute approximate surface area is 210 Å². The molecule has 2 aromatic rings. The summed E-state index contributed by atoms with van der Waals surface area (Å²) in [5.41, 5.74) is 1.78. The minimum Gasteiger partial charge on any atom is -0.497 e. The van der Waals surface area contributed by atoms with Crippen molar-refractivity contribution in [3.05, 3.63) is 59.8 Å². The van der Waals surface area contributed by atoms with Gasteiger partial charge in [0.15, 0.2) is 5.17 Å². The number of hydrogen-bond acceptors (Lipinski definition) is 6. The molecule has 0 radical (unpaired) electrons. The van der Waals surface area contributed by atoms with Gasteiger partial charge in [0.05, 0.1) is 25.7 Å². The highest BCUT2D eigenvalue weighted by atomic mass is 32.2. The number of amides is 2. The smallest absolute Gasteiger partial charge is 0.283 e. The van der Waals surface area contributed by atoms with Crippen molar-refractivity contribution < 1.29 is 19.1 Å². The average Bonchev–Trinajstić information content (AvgIpc) is 3.21. The van der Waals surface area contributed by atoms with Crippen LogP contribution in [0.3, 0.4) is 0 Å². The zero-order chi connectivity index (χ0) is 24.6. The van der Waals surface area contributed by atoms with Gasteiger partial charge >= 0.3 is 0 Å². The van der Waals surface area contributed by atoms with Crippen molar-refractivity contribution >= 4 is 40.5 Å². The van der Waals surface area contributed by atoms with Crippen LogP contribution >= 0.6 is 11.8 Å². The lowest BCUT2D eigenvalue weighted by atomic mass is 9.89. The Morgan fingerprint density at radius 2 is 1.83 bits per heavy atom. The normalized spacial score (nSPS) is 17.4. The van der Waals surface area contributed by atoms with E-state index >= 15 is 0 Å². The summed E-state index contributed by atoms with van der Waals surface area (Å²) in [4.78, 5) is 32.1. The number of anilines is 1. The predicted octanol–water partition coefficient (Wildman–Crippen LogP) is 4.88. The quantitative estimate of drug-likeness (QED) is 0.531. The maximum atomic E-state index is 13.4. The maximum Gasteiger partial charge on any atom is 0.283 e. The van der Waals surface area contributed by atoms with Gasteiger partial charge in [-0.2, -0.15) is 0 Å². The van der Waals surface area contributed by atoms with Gasteiger partial charge in [0, 0.05) is 12.6 Å². The van der Waals surface area contributed by atoms with E-state index in [4.69, 9.17) is 9.47 Å². The summed E-state index contributed by atoms with van der Waals surface area (Å²) in [7, 11) is 3.19. The summed E-state index contributed by atoms with van der Waals surface area (Å²) in [6.07, 6.45) is 7.88. The van der Waals surface area contributed by atoms with Crippen molar-refractivity contribution in [2.24, 2.45) is 10.9 Å². The van der Waals surface area contributed by atoms with Gasteiger partial charge in [0.1, 0.15) is 17.2 Å². The molecule has 1 aliphatic carbocycles. The number of thioether (sulfide) groups is 1. The van der Waals surface area contributed by atoms with Crippen molar-refractivity contribution in [3.8, 4) is 11.5 Å². The molecule has 0 bridgehead atoms. The van der Waals surface area contributed by atoms with E-state index in [9.17, 15) is 9.59 Å². The molecule has 8 heteroatoms. The Morgan fingerprint density at radius 3 is 2.54 bits per heavy atom. The van der Waals surface area contributed by atoms with Gasteiger partial charge in [-0.3, -0.25) is 14.5 Å². The number of rotatable bonds is 8. The van der Waals surface area contributed by atoms with Crippen molar-refractivity contribution in [2.45, 2.75) is 32.1 Å². The second kappa shape index (κ2) is 11.9. The summed E-state index contributed by atoms with van der Waals surface area (Å²) in [6.45, 7) is 0.715. The van der Waals surface area contributed by atoms with E-state index in [1.54, 1.807) is 26.4 Å². The number of benzene rings is 2.